The number of aliphatic imine (C=N–C) groups is 1. The van der Waals surface area contributed by atoms with Crippen molar-refractivity contribution in [3.05, 3.63) is 35.4 Å². The molecule has 6 nitrogen and oxygen atoms in total. The van der Waals surface area contributed by atoms with Crippen molar-refractivity contribution < 1.29 is 9.53 Å². The van der Waals surface area contributed by atoms with Crippen molar-refractivity contribution in [2.75, 3.05) is 26.7 Å². The summed E-state index contributed by atoms with van der Waals surface area (Å²) in [5.74, 6) is 1.08. The van der Waals surface area contributed by atoms with Crippen LogP contribution in [0.25, 0.3) is 0 Å². The van der Waals surface area contributed by atoms with Gasteiger partial charge in [-0.15, -0.1) is 0 Å². The van der Waals surface area contributed by atoms with Crippen LogP contribution in [0.4, 0.5) is 0 Å². The number of benzene rings is 1. The zero-order valence-electron chi connectivity index (χ0n) is 17.8. The smallest absolute Gasteiger partial charge is 0.222 e. The van der Waals surface area contributed by atoms with E-state index in [1.165, 1.54) is 43.2 Å². The Hall–Kier alpha value is -2.08. The minimum Gasteiger partial charge on any atom is -0.378 e. The number of amides is 1. The summed E-state index contributed by atoms with van der Waals surface area (Å²) in [7, 11) is 1.79. The second kappa shape index (κ2) is 11.8. The number of ether oxygens (including phenoxy) is 1. The third kappa shape index (κ3) is 7.35. The Labute approximate surface area is 175 Å². The maximum absolute atomic E-state index is 11.8. The maximum Gasteiger partial charge on any atom is 0.222 e. The van der Waals surface area contributed by atoms with Gasteiger partial charge < -0.3 is 20.3 Å². The second-order valence-corrected chi connectivity index (χ2v) is 8.08. The Morgan fingerprint density at radius 3 is 2.76 bits per heavy atom. The fourth-order valence-corrected chi connectivity index (χ4v) is 4.10. The number of carbonyl (C=O) groups excluding carboxylic acids is 1. The molecular formula is C23H36N4O2. The molecule has 1 saturated carbocycles. The first-order valence-electron chi connectivity index (χ1n) is 11.2. The molecule has 1 aliphatic heterocycles. The van der Waals surface area contributed by atoms with Gasteiger partial charge in [0.05, 0.1) is 6.10 Å². The molecule has 2 aliphatic rings. The molecule has 1 saturated heterocycles. The predicted octanol–water partition coefficient (Wildman–Crippen LogP) is 3.21. The monoisotopic (exact) mass is 400 g/mol. The van der Waals surface area contributed by atoms with Crippen molar-refractivity contribution in [3.8, 4) is 0 Å². The zero-order valence-corrected chi connectivity index (χ0v) is 17.8. The van der Waals surface area contributed by atoms with Crippen LogP contribution in [0.5, 0.6) is 0 Å². The molecule has 160 valence electrons. The number of nitrogens with zero attached hydrogens (tertiary/aromatic N) is 2. The van der Waals surface area contributed by atoms with Crippen molar-refractivity contribution in [2.24, 2.45) is 4.99 Å². The summed E-state index contributed by atoms with van der Waals surface area (Å²) in [5.41, 5.74) is 2.38. The van der Waals surface area contributed by atoms with E-state index < -0.39 is 0 Å². The number of hydrogen-bond donors (Lipinski definition) is 2. The lowest BCUT2D eigenvalue weighted by Crippen LogP contribution is -2.37. The molecule has 0 unspecified atom stereocenters. The predicted molar refractivity (Wildman–Crippen MR) is 117 cm³/mol. The quantitative estimate of drug-likeness (QED) is 0.379. The van der Waals surface area contributed by atoms with Gasteiger partial charge in [-0.1, -0.05) is 43.5 Å². The Bertz CT molecular complexity index is 671. The Morgan fingerprint density at radius 1 is 1.17 bits per heavy atom. The van der Waals surface area contributed by atoms with Crippen LogP contribution < -0.4 is 10.6 Å². The van der Waals surface area contributed by atoms with E-state index in [9.17, 15) is 4.79 Å². The van der Waals surface area contributed by atoms with Crippen molar-refractivity contribution in [1.29, 1.82) is 0 Å². The normalized spacial score (nSPS) is 18.3. The highest BCUT2D eigenvalue weighted by molar-refractivity contribution is 5.79. The SMILES string of the molecule is CN=C(NCCCOC1CCCCC1)NCc1cccc(CN2CCCC2=O)c1. The van der Waals surface area contributed by atoms with Gasteiger partial charge in [-0.05, 0) is 36.8 Å². The van der Waals surface area contributed by atoms with Gasteiger partial charge in [0.25, 0.3) is 0 Å². The van der Waals surface area contributed by atoms with Gasteiger partial charge in [0.15, 0.2) is 5.96 Å². The largest absolute Gasteiger partial charge is 0.378 e. The fraction of sp³-hybridized carbons (Fsp3) is 0.652. The van der Waals surface area contributed by atoms with E-state index in [0.29, 0.717) is 25.6 Å². The van der Waals surface area contributed by atoms with E-state index in [4.69, 9.17) is 4.74 Å². The summed E-state index contributed by atoms with van der Waals surface area (Å²) in [6.45, 7) is 3.96. The number of hydrogen-bond acceptors (Lipinski definition) is 3. The van der Waals surface area contributed by atoms with Crippen LogP contribution in [0.3, 0.4) is 0 Å². The van der Waals surface area contributed by atoms with Crippen LogP contribution in [0.1, 0.15) is 62.5 Å². The summed E-state index contributed by atoms with van der Waals surface area (Å²) in [5, 5.41) is 6.74. The van der Waals surface area contributed by atoms with Crippen molar-refractivity contribution in [2.45, 2.75) is 70.6 Å². The lowest BCUT2D eigenvalue weighted by molar-refractivity contribution is -0.128. The topological polar surface area (TPSA) is 66.0 Å². The van der Waals surface area contributed by atoms with Gasteiger partial charge in [-0.2, -0.15) is 0 Å². The molecular weight excluding hydrogens is 364 g/mol. The zero-order chi connectivity index (χ0) is 20.3. The highest BCUT2D eigenvalue weighted by atomic mass is 16.5. The van der Waals surface area contributed by atoms with Crippen molar-refractivity contribution in [3.63, 3.8) is 0 Å². The highest BCUT2D eigenvalue weighted by Crippen LogP contribution is 2.20. The number of nitrogens with one attached hydrogen (secondary N) is 2. The third-order valence-corrected chi connectivity index (χ3v) is 5.74. The van der Waals surface area contributed by atoms with E-state index in [2.05, 4.69) is 39.9 Å². The molecule has 1 aliphatic carbocycles. The lowest BCUT2D eigenvalue weighted by atomic mass is 9.98. The third-order valence-electron chi connectivity index (χ3n) is 5.74. The molecule has 0 spiro atoms. The molecule has 1 aromatic carbocycles. The Kier molecular flexibility index (Phi) is 8.81. The summed E-state index contributed by atoms with van der Waals surface area (Å²) < 4.78 is 5.97. The van der Waals surface area contributed by atoms with E-state index in [1.54, 1.807) is 7.05 Å². The molecule has 1 amide bonds. The van der Waals surface area contributed by atoms with Crippen LogP contribution >= 0.6 is 0 Å². The first-order chi connectivity index (χ1) is 14.2. The number of likely N-dealkylation sites (tertiary alicyclic amines) is 1. The van der Waals surface area contributed by atoms with Gasteiger partial charge >= 0.3 is 0 Å². The molecule has 2 fully saturated rings. The highest BCUT2D eigenvalue weighted by Gasteiger charge is 2.20. The maximum atomic E-state index is 11.8. The van der Waals surface area contributed by atoms with Crippen molar-refractivity contribution >= 4 is 11.9 Å². The molecule has 0 aromatic heterocycles. The Balaban J connectivity index is 1.34. The number of carbonyl (C=O) groups is 1. The van der Waals surface area contributed by atoms with Crippen LogP contribution in [0.15, 0.2) is 29.3 Å². The van der Waals surface area contributed by atoms with Crippen LogP contribution in [-0.4, -0.2) is 49.6 Å². The number of guanidine groups is 1. The molecule has 6 heteroatoms. The van der Waals surface area contributed by atoms with Gasteiger partial charge in [-0.25, -0.2) is 0 Å². The fourth-order valence-electron chi connectivity index (χ4n) is 4.10. The van der Waals surface area contributed by atoms with E-state index in [1.807, 2.05) is 4.90 Å². The first-order valence-corrected chi connectivity index (χ1v) is 11.2. The van der Waals surface area contributed by atoms with Crippen molar-refractivity contribution in [1.82, 2.24) is 15.5 Å². The lowest BCUT2D eigenvalue weighted by Gasteiger charge is -2.22. The van der Waals surface area contributed by atoms with Crippen LogP contribution in [-0.2, 0) is 22.6 Å². The van der Waals surface area contributed by atoms with Gasteiger partial charge in [-0.3, -0.25) is 9.79 Å². The summed E-state index contributed by atoms with van der Waals surface area (Å²) in [6, 6.07) is 8.43. The molecule has 0 bridgehead atoms. The van der Waals surface area contributed by atoms with E-state index >= 15 is 0 Å². The van der Waals surface area contributed by atoms with Gasteiger partial charge in [0.1, 0.15) is 0 Å². The van der Waals surface area contributed by atoms with Crippen LogP contribution in [0.2, 0.25) is 0 Å². The summed E-state index contributed by atoms with van der Waals surface area (Å²) in [6.07, 6.45) is 9.57. The molecule has 0 radical (unpaired) electrons. The van der Waals surface area contributed by atoms with Gasteiger partial charge in [0.2, 0.25) is 5.91 Å². The average Bonchev–Trinajstić information content (AvgIpc) is 3.15. The minimum absolute atomic E-state index is 0.269. The molecule has 3 rings (SSSR count). The standard InChI is InChI=1S/C23H36N4O2/c1-24-23(25-13-7-15-29-21-10-3-2-4-11-21)26-17-19-8-5-9-20(16-19)18-27-14-6-12-22(27)28/h5,8-9,16,21H,2-4,6-7,10-15,17-18H2,1H3,(H2,24,25,26). The summed E-state index contributed by atoms with van der Waals surface area (Å²) in [4.78, 5) is 18.1. The Morgan fingerprint density at radius 2 is 2.00 bits per heavy atom. The van der Waals surface area contributed by atoms with E-state index in [-0.39, 0.29) is 5.91 Å². The second-order valence-electron chi connectivity index (χ2n) is 8.08. The van der Waals surface area contributed by atoms with E-state index in [0.717, 1.165) is 38.5 Å². The molecule has 29 heavy (non-hydrogen) atoms. The average molecular weight is 401 g/mol. The molecule has 0 atom stereocenters. The van der Waals surface area contributed by atoms with Gasteiger partial charge in [0, 0.05) is 46.3 Å². The summed E-state index contributed by atoms with van der Waals surface area (Å²) >= 11 is 0. The minimum atomic E-state index is 0.269. The molecule has 1 aromatic rings. The molecule has 1 heterocycles. The van der Waals surface area contributed by atoms with Crippen LogP contribution in [0, 0.1) is 0 Å². The first kappa shape index (κ1) is 21.6. The number of rotatable bonds is 9. The molecule has 2 N–H and O–H groups in total.